The van der Waals surface area contributed by atoms with Crippen molar-refractivity contribution in [3.05, 3.63) is 35.9 Å². The number of benzene rings is 1. The van der Waals surface area contributed by atoms with E-state index in [0.29, 0.717) is 0 Å². The average Bonchev–Trinajstić information content (AvgIpc) is 2.29. The Morgan fingerprint density at radius 2 is 1.80 bits per heavy atom. The molecule has 15 heavy (non-hydrogen) atoms. The van der Waals surface area contributed by atoms with E-state index in [2.05, 4.69) is 10.6 Å². The van der Waals surface area contributed by atoms with Crippen molar-refractivity contribution in [1.82, 2.24) is 10.6 Å². The maximum Gasteiger partial charge on any atom is 0.237 e. The van der Waals surface area contributed by atoms with Crippen molar-refractivity contribution in [1.29, 1.82) is 0 Å². The van der Waals surface area contributed by atoms with Crippen LogP contribution < -0.4 is 10.6 Å². The molecule has 0 bridgehead atoms. The molecule has 82 valence electrons. The van der Waals surface area contributed by atoms with Gasteiger partial charge < -0.3 is 10.6 Å². The molecule has 2 N–H and O–H groups in total. The first-order valence-corrected chi connectivity index (χ1v) is 5.17. The molecule has 3 nitrogen and oxygen atoms in total. The first-order valence-electron chi connectivity index (χ1n) is 5.17. The molecule has 0 saturated carbocycles. The third kappa shape index (κ3) is 3.36. The van der Waals surface area contributed by atoms with Gasteiger partial charge in [0.15, 0.2) is 0 Å². The molecular weight excluding hydrogens is 188 g/mol. The number of rotatable bonds is 4. The van der Waals surface area contributed by atoms with Gasteiger partial charge in [-0.05, 0) is 26.5 Å². The first-order chi connectivity index (χ1) is 7.15. The number of hydrogen-bond donors (Lipinski definition) is 2. The lowest BCUT2D eigenvalue weighted by Crippen LogP contribution is -2.41. The van der Waals surface area contributed by atoms with Crippen LogP contribution in [0, 0.1) is 0 Å². The molecule has 0 aliphatic rings. The summed E-state index contributed by atoms with van der Waals surface area (Å²) < 4.78 is 0. The highest BCUT2D eigenvalue weighted by Gasteiger charge is 2.13. The highest BCUT2D eigenvalue weighted by molar-refractivity contribution is 5.81. The van der Waals surface area contributed by atoms with Crippen LogP contribution in [0.15, 0.2) is 30.3 Å². The van der Waals surface area contributed by atoms with Crippen LogP contribution in [0.3, 0.4) is 0 Å². The Morgan fingerprint density at radius 1 is 1.20 bits per heavy atom. The highest BCUT2D eigenvalue weighted by atomic mass is 16.2. The third-order valence-electron chi connectivity index (χ3n) is 2.48. The lowest BCUT2D eigenvalue weighted by Gasteiger charge is -2.17. The molecule has 0 heterocycles. The Balaban J connectivity index is 2.56. The molecule has 0 radical (unpaired) electrons. The SMILES string of the molecule is CNC(C)C(=O)NC(C)c1ccccc1. The first kappa shape index (κ1) is 11.7. The van der Waals surface area contributed by atoms with E-state index >= 15 is 0 Å². The summed E-state index contributed by atoms with van der Waals surface area (Å²) in [6.07, 6.45) is 0. The van der Waals surface area contributed by atoms with Crippen molar-refractivity contribution >= 4 is 5.91 Å². The van der Waals surface area contributed by atoms with Crippen molar-refractivity contribution in [3.8, 4) is 0 Å². The second kappa shape index (κ2) is 5.51. The number of carbonyl (C=O) groups is 1. The summed E-state index contributed by atoms with van der Waals surface area (Å²) in [5.41, 5.74) is 1.12. The van der Waals surface area contributed by atoms with Crippen LogP contribution in [-0.4, -0.2) is 19.0 Å². The second-order valence-electron chi connectivity index (χ2n) is 3.65. The Morgan fingerprint density at radius 3 is 2.33 bits per heavy atom. The maximum atomic E-state index is 11.6. The second-order valence-corrected chi connectivity index (χ2v) is 3.65. The molecule has 2 unspecified atom stereocenters. The lowest BCUT2D eigenvalue weighted by molar-refractivity contribution is -0.123. The summed E-state index contributed by atoms with van der Waals surface area (Å²) in [5, 5.41) is 5.85. The Hall–Kier alpha value is -1.35. The molecule has 1 rings (SSSR count). The van der Waals surface area contributed by atoms with E-state index in [4.69, 9.17) is 0 Å². The number of amides is 1. The summed E-state index contributed by atoms with van der Waals surface area (Å²) >= 11 is 0. The van der Waals surface area contributed by atoms with Crippen molar-refractivity contribution < 1.29 is 4.79 Å². The topological polar surface area (TPSA) is 41.1 Å². The molecular formula is C12H18N2O. The molecule has 0 aliphatic heterocycles. The van der Waals surface area contributed by atoms with Crippen molar-refractivity contribution in [3.63, 3.8) is 0 Å². The summed E-state index contributed by atoms with van der Waals surface area (Å²) in [4.78, 5) is 11.6. The number of carbonyl (C=O) groups excluding carboxylic acids is 1. The molecule has 0 aliphatic carbocycles. The minimum Gasteiger partial charge on any atom is -0.348 e. The summed E-state index contributed by atoms with van der Waals surface area (Å²) in [7, 11) is 1.78. The van der Waals surface area contributed by atoms with Gasteiger partial charge in [0.2, 0.25) is 5.91 Å². The minimum atomic E-state index is -0.156. The predicted molar refractivity (Wildman–Crippen MR) is 61.5 cm³/mol. The molecule has 1 amide bonds. The van der Waals surface area contributed by atoms with Crippen molar-refractivity contribution in [2.24, 2.45) is 0 Å². The van der Waals surface area contributed by atoms with E-state index in [9.17, 15) is 4.79 Å². The van der Waals surface area contributed by atoms with Crippen LogP contribution >= 0.6 is 0 Å². The molecule has 2 atom stereocenters. The van der Waals surface area contributed by atoms with Crippen molar-refractivity contribution in [2.75, 3.05) is 7.05 Å². The standard InChI is InChI=1S/C12H18N2O/c1-9(11-7-5-4-6-8-11)14-12(15)10(2)13-3/h4-10,13H,1-3H3,(H,14,15). The van der Waals surface area contributed by atoms with E-state index in [1.54, 1.807) is 7.05 Å². The monoisotopic (exact) mass is 206 g/mol. The van der Waals surface area contributed by atoms with Crippen LogP contribution in [-0.2, 0) is 4.79 Å². The smallest absolute Gasteiger partial charge is 0.237 e. The van der Waals surface area contributed by atoms with Gasteiger partial charge in [-0.1, -0.05) is 30.3 Å². The van der Waals surface area contributed by atoms with E-state index in [1.165, 1.54) is 0 Å². The fourth-order valence-electron chi connectivity index (χ4n) is 1.29. The summed E-state index contributed by atoms with van der Waals surface area (Å²) in [6, 6.07) is 9.82. The normalized spacial score (nSPS) is 14.3. The van der Waals surface area contributed by atoms with Crippen LogP contribution in [0.4, 0.5) is 0 Å². The van der Waals surface area contributed by atoms with Crippen LogP contribution in [0.2, 0.25) is 0 Å². The molecule has 3 heteroatoms. The number of likely N-dealkylation sites (N-methyl/N-ethyl adjacent to an activating group) is 1. The van der Waals surface area contributed by atoms with Gasteiger partial charge >= 0.3 is 0 Å². The summed E-state index contributed by atoms with van der Waals surface area (Å²) in [5.74, 6) is 0.0221. The molecule has 0 spiro atoms. The zero-order valence-electron chi connectivity index (χ0n) is 9.45. The highest BCUT2D eigenvalue weighted by Crippen LogP contribution is 2.10. The fraction of sp³-hybridized carbons (Fsp3) is 0.417. The number of nitrogens with one attached hydrogen (secondary N) is 2. The zero-order valence-corrected chi connectivity index (χ0v) is 9.45. The minimum absolute atomic E-state index is 0.0221. The van der Waals surface area contributed by atoms with Crippen LogP contribution in [0.1, 0.15) is 25.5 Å². The zero-order chi connectivity index (χ0) is 11.3. The van der Waals surface area contributed by atoms with Crippen LogP contribution in [0.5, 0.6) is 0 Å². The number of hydrogen-bond acceptors (Lipinski definition) is 2. The van der Waals surface area contributed by atoms with Gasteiger partial charge in [-0.25, -0.2) is 0 Å². The quantitative estimate of drug-likeness (QED) is 0.783. The fourth-order valence-corrected chi connectivity index (χ4v) is 1.29. The molecule has 1 aromatic carbocycles. The largest absolute Gasteiger partial charge is 0.348 e. The van der Waals surface area contributed by atoms with E-state index in [-0.39, 0.29) is 18.0 Å². The van der Waals surface area contributed by atoms with Crippen LogP contribution in [0.25, 0.3) is 0 Å². The molecule has 1 aromatic rings. The van der Waals surface area contributed by atoms with Crippen molar-refractivity contribution in [2.45, 2.75) is 25.9 Å². The Kier molecular flexibility index (Phi) is 4.31. The van der Waals surface area contributed by atoms with Gasteiger partial charge in [0.25, 0.3) is 0 Å². The van der Waals surface area contributed by atoms with Gasteiger partial charge in [0.1, 0.15) is 0 Å². The van der Waals surface area contributed by atoms with E-state index < -0.39 is 0 Å². The van der Waals surface area contributed by atoms with Gasteiger partial charge in [0, 0.05) is 0 Å². The van der Waals surface area contributed by atoms with Gasteiger partial charge in [-0.2, -0.15) is 0 Å². The van der Waals surface area contributed by atoms with E-state index in [0.717, 1.165) is 5.56 Å². The Labute approximate surface area is 90.9 Å². The Bertz CT molecular complexity index is 311. The molecule has 0 saturated heterocycles. The van der Waals surface area contributed by atoms with Gasteiger partial charge in [-0.3, -0.25) is 4.79 Å². The van der Waals surface area contributed by atoms with E-state index in [1.807, 2.05) is 44.2 Å². The molecule has 0 fully saturated rings. The average molecular weight is 206 g/mol. The predicted octanol–water partition coefficient (Wildman–Crippen LogP) is 1.47. The van der Waals surface area contributed by atoms with Gasteiger partial charge in [0.05, 0.1) is 12.1 Å². The third-order valence-corrected chi connectivity index (χ3v) is 2.48. The lowest BCUT2D eigenvalue weighted by atomic mass is 10.1. The van der Waals surface area contributed by atoms with Gasteiger partial charge in [-0.15, -0.1) is 0 Å². The molecule has 0 aromatic heterocycles. The summed E-state index contributed by atoms with van der Waals surface area (Å²) in [6.45, 7) is 3.82. The maximum absolute atomic E-state index is 11.6.